The molecule has 2 aromatic rings. The predicted octanol–water partition coefficient (Wildman–Crippen LogP) is 2.86. The average Bonchev–Trinajstić information content (AvgIpc) is 3.35. The number of nitrogens with zero attached hydrogens (tertiary/aromatic N) is 6. The van der Waals surface area contributed by atoms with Crippen LogP contribution in [0.1, 0.15) is 63.0 Å². The first-order valence-electron chi connectivity index (χ1n) is 10.3. The molecule has 1 saturated heterocycles. The molecule has 3 heterocycles. The molecule has 1 aliphatic rings. The molecule has 0 radical (unpaired) electrons. The van der Waals surface area contributed by atoms with Gasteiger partial charge in [0.15, 0.2) is 11.6 Å². The number of carbonyl (C=O) groups is 1. The van der Waals surface area contributed by atoms with E-state index in [4.69, 9.17) is 4.42 Å². The zero-order valence-electron chi connectivity index (χ0n) is 17.4. The molecule has 0 N–H and O–H groups in total. The van der Waals surface area contributed by atoms with Gasteiger partial charge in [-0.25, -0.2) is 4.68 Å². The van der Waals surface area contributed by atoms with Crippen LogP contribution >= 0.6 is 0 Å². The molecular weight excluding hydrogens is 356 g/mol. The molecule has 8 heteroatoms. The van der Waals surface area contributed by atoms with E-state index >= 15 is 0 Å². The first-order valence-corrected chi connectivity index (χ1v) is 10.3. The fourth-order valence-corrected chi connectivity index (χ4v) is 3.65. The van der Waals surface area contributed by atoms with E-state index in [9.17, 15) is 4.79 Å². The van der Waals surface area contributed by atoms with Crippen LogP contribution in [0, 0.1) is 11.8 Å². The molecule has 0 saturated carbocycles. The Hall–Kier alpha value is -2.22. The molecule has 0 aliphatic carbocycles. The van der Waals surface area contributed by atoms with E-state index in [1.165, 1.54) is 0 Å². The molecule has 0 bridgehead atoms. The molecule has 1 fully saturated rings. The minimum atomic E-state index is -0.0353. The van der Waals surface area contributed by atoms with E-state index in [1.807, 2.05) is 9.58 Å². The summed E-state index contributed by atoms with van der Waals surface area (Å²) >= 11 is 0. The maximum Gasteiger partial charge on any atom is 0.289 e. The van der Waals surface area contributed by atoms with Gasteiger partial charge in [0.05, 0.1) is 12.3 Å². The number of piperazine rings is 1. The smallest absolute Gasteiger partial charge is 0.289 e. The Morgan fingerprint density at radius 3 is 2.50 bits per heavy atom. The Bertz CT molecular complexity index is 732. The van der Waals surface area contributed by atoms with Crippen LogP contribution in [-0.4, -0.2) is 62.1 Å². The van der Waals surface area contributed by atoms with Crippen molar-refractivity contribution in [1.82, 2.24) is 30.0 Å². The van der Waals surface area contributed by atoms with Crippen LogP contribution in [0.15, 0.2) is 22.8 Å². The fraction of sp³-hybridized carbons (Fsp3) is 0.700. The Balaban J connectivity index is 1.68. The predicted molar refractivity (Wildman–Crippen MR) is 106 cm³/mol. The van der Waals surface area contributed by atoms with Crippen LogP contribution in [0.4, 0.5) is 0 Å². The lowest BCUT2D eigenvalue weighted by Gasteiger charge is -2.39. The van der Waals surface area contributed by atoms with Crippen LogP contribution < -0.4 is 0 Å². The maximum absolute atomic E-state index is 12.5. The topological polar surface area (TPSA) is 80.3 Å². The van der Waals surface area contributed by atoms with Crippen molar-refractivity contribution in [2.75, 3.05) is 26.2 Å². The van der Waals surface area contributed by atoms with Gasteiger partial charge in [-0.15, -0.1) is 5.10 Å². The van der Waals surface area contributed by atoms with Gasteiger partial charge in [0.2, 0.25) is 0 Å². The second kappa shape index (κ2) is 9.32. The molecule has 8 nitrogen and oxygen atoms in total. The third-order valence-electron chi connectivity index (χ3n) is 5.24. The van der Waals surface area contributed by atoms with E-state index in [0.29, 0.717) is 30.7 Å². The summed E-state index contributed by atoms with van der Waals surface area (Å²) in [6.07, 6.45) is 3.59. The number of rotatable bonds is 8. The highest BCUT2D eigenvalue weighted by Crippen LogP contribution is 2.27. The minimum Gasteiger partial charge on any atom is -0.459 e. The van der Waals surface area contributed by atoms with Gasteiger partial charge in [-0.1, -0.05) is 27.7 Å². The van der Waals surface area contributed by atoms with Gasteiger partial charge in [-0.3, -0.25) is 9.69 Å². The molecule has 1 amide bonds. The number of aryl methyl sites for hydroxylation is 1. The molecular formula is C20H32N6O2. The lowest BCUT2D eigenvalue weighted by Crippen LogP contribution is -2.50. The lowest BCUT2D eigenvalue weighted by molar-refractivity contribution is 0.0499. The second-order valence-electron chi connectivity index (χ2n) is 8.39. The summed E-state index contributed by atoms with van der Waals surface area (Å²) in [7, 11) is 0. The van der Waals surface area contributed by atoms with Crippen LogP contribution in [0.25, 0.3) is 0 Å². The summed E-state index contributed by atoms with van der Waals surface area (Å²) in [5.41, 5.74) is 0. The van der Waals surface area contributed by atoms with E-state index in [0.717, 1.165) is 38.3 Å². The lowest BCUT2D eigenvalue weighted by atomic mass is 10.0. The average molecular weight is 389 g/mol. The van der Waals surface area contributed by atoms with Gasteiger partial charge in [-0.05, 0) is 47.2 Å². The summed E-state index contributed by atoms with van der Waals surface area (Å²) in [6, 6.07) is 3.64. The highest BCUT2D eigenvalue weighted by Gasteiger charge is 2.31. The van der Waals surface area contributed by atoms with E-state index in [2.05, 4.69) is 48.1 Å². The van der Waals surface area contributed by atoms with Crippen LogP contribution in [0.2, 0.25) is 0 Å². The Kier molecular flexibility index (Phi) is 6.83. The number of hydrogen-bond donors (Lipinski definition) is 0. The fourth-order valence-electron chi connectivity index (χ4n) is 3.65. The first kappa shape index (κ1) is 20.5. The molecule has 0 aromatic carbocycles. The van der Waals surface area contributed by atoms with Gasteiger partial charge in [-0.2, -0.15) is 0 Å². The van der Waals surface area contributed by atoms with Gasteiger partial charge < -0.3 is 9.32 Å². The number of furan rings is 1. The summed E-state index contributed by atoms with van der Waals surface area (Å²) in [5, 5.41) is 12.6. The summed E-state index contributed by atoms with van der Waals surface area (Å²) in [5.74, 6) is 2.46. The monoisotopic (exact) mass is 388 g/mol. The number of carbonyl (C=O) groups excluding carboxylic acids is 1. The standard InChI is InChI=1S/C20H32N6O2/c1-15(2)7-8-26-19(21-22-23-26)17(14-16(3)4)24-9-11-25(12-10-24)20(27)18-6-5-13-28-18/h5-6,13,15-17H,7-12,14H2,1-4H3/t17-/m0/s1. The number of amides is 1. The summed E-state index contributed by atoms with van der Waals surface area (Å²) < 4.78 is 7.23. The SMILES string of the molecule is CC(C)CCn1nnnc1[C@H](CC(C)C)N1CCN(C(=O)c2ccco2)CC1. The molecule has 2 aromatic heterocycles. The quantitative estimate of drug-likeness (QED) is 0.692. The second-order valence-corrected chi connectivity index (χ2v) is 8.39. The maximum atomic E-state index is 12.5. The molecule has 28 heavy (non-hydrogen) atoms. The zero-order valence-corrected chi connectivity index (χ0v) is 17.4. The third kappa shape index (κ3) is 4.98. The number of tetrazole rings is 1. The van der Waals surface area contributed by atoms with Crippen molar-refractivity contribution in [3.63, 3.8) is 0 Å². The van der Waals surface area contributed by atoms with Crippen LogP contribution in [0.3, 0.4) is 0 Å². The Morgan fingerprint density at radius 2 is 1.89 bits per heavy atom. The summed E-state index contributed by atoms with van der Waals surface area (Å²) in [6.45, 7) is 12.7. The van der Waals surface area contributed by atoms with Gasteiger partial charge in [0.25, 0.3) is 5.91 Å². The van der Waals surface area contributed by atoms with Crippen molar-refractivity contribution >= 4 is 5.91 Å². The normalized spacial score (nSPS) is 16.9. The van der Waals surface area contributed by atoms with Crippen molar-refractivity contribution in [3.8, 4) is 0 Å². The largest absolute Gasteiger partial charge is 0.459 e. The zero-order chi connectivity index (χ0) is 20.1. The first-order chi connectivity index (χ1) is 13.5. The van der Waals surface area contributed by atoms with E-state index in [1.54, 1.807) is 18.4 Å². The van der Waals surface area contributed by atoms with Crippen molar-refractivity contribution in [2.45, 2.75) is 53.1 Å². The highest BCUT2D eigenvalue weighted by molar-refractivity contribution is 5.91. The van der Waals surface area contributed by atoms with E-state index in [-0.39, 0.29) is 11.9 Å². The molecule has 0 unspecified atom stereocenters. The Morgan fingerprint density at radius 1 is 1.14 bits per heavy atom. The van der Waals surface area contributed by atoms with Crippen molar-refractivity contribution in [2.24, 2.45) is 11.8 Å². The van der Waals surface area contributed by atoms with Crippen LogP contribution in [0.5, 0.6) is 0 Å². The molecule has 3 rings (SSSR count). The number of hydrogen-bond acceptors (Lipinski definition) is 6. The van der Waals surface area contributed by atoms with Crippen molar-refractivity contribution in [3.05, 3.63) is 30.0 Å². The minimum absolute atomic E-state index is 0.0353. The van der Waals surface area contributed by atoms with Gasteiger partial charge in [0.1, 0.15) is 0 Å². The van der Waals surface area contributed by atoms with Crippen molar-refractivity contribution < 1.29 is 9.21 Å². The van der Waals surface area contributed by atoms with Gasteiger partial charge >= 0.3 is 0 Å². The van der Waals surface area contributed by atoms with Gasteiger partial charge in [0, 0.05) is 32.7 Å². The molecule has 1 aliphatic heterocycles. The number of aromatic nitrogens is 4. The van der Waals surface area contributed by atoms with E-state index < -0.39 is 0 Å². The van der Waals surface area contributed by atoms with Crippen LogP contribution in [-0.2, 0) is 6.54 Å². The highest BCUT2D eigenvalue weighted by atomic mass is 16.3. The molecule has 0 spiro atoms. The molecule has 1 atom stereocenters. The Labute approximate surface area is 166 Å². The molecule has 154 valence electrons. The summed E-state index contributed by atoms with van der Waals surface area (Å²) in [4.78, 5) is 16.8. The van der Waals surface area contributed by atoms with Crippen molar-refractivity contribution in [1.29, 1.82) is 0 Å². The third-order valence-corrected chi connectivity index (χ3v) is 5.24.